The Morgan fingerprint density at radius 2 is 1.39 bits per heavy atom. The van der Waals surface area contributed by atoms with Crippen LogP contribution in [0.25, 0.3) is 0 Å². The average molecular weight is 239 g/mol. The molecule has 18 heavy (non-hydrogen) atoms. The molecular formula is C14H13N3O. The molecule has 2 aromatic rings. The molecule has 0 radical (unpaired) electrons. The normalized spacial score (nSPS) is 11.0. The minimum atomic E-state index is -0.283. The largest absolute Gasteiger partial charge is 0.382 e. The summed E-state index contributed by atoms with van der Waals surface area (Å²) in [5.74, 6) is -0.00522. The fourth-order valence-electron chi connectivity index (χ4n) is 1.44. The zero-order chi connectivity index (χ0) is 12.8. The first-order valence-electron chi connectivity index (χ1n) is 5.51. The molecule has 2 aromatic carbocycles. The van der Waals surface area contributed by atoms with Crippen LogP contribution in [0.4, 0.5) is 0 Å². The van der Waals surface area contributed by atoms with Crippen LogP contribution in [-0.4, -0.2) is 11.7 Å². The summed E-state index contributed by atoms with van der Waals surface area (Å²) in [5.41, 5.74) is 9.49. The molecule has 0 saturated heterocycles. The second-order valence-electron chi connectivity index (χ2n) is 3.67. The van der Waals surface area contributed by atoms with E-state index in [-0.39, 0.29) is 11.7 Å². The predicted octanol–water partition coefficient (Wildman–Crippen LogP) is 1.74. The highest BCUT2D eigenvalue weighted by Gasteiger charge is 2.03. The summed E-state index contributed by atoms with van der Waals surface area (Å²) < 4.78 is 0. The van der Waals surface area contributed by atoms with Crippen molar-refractivity contribution in [1.82, 2.24) is 5.43 Å². The van der Waals surface area contributed by atoms with E-state index in [4.69, 9.17) is 5.73 Å². The number of rotatable bonds is 3. The molecule has 2 rings (SSSR count). The molecule has 0 bridgehead atoms. The topological polar surface area (TPSA) is 67.5 Å². The third-order valence-electron chi connectivity index (χ3n) is 2.38. The molecule has 0 aliphatic rings. The first-order chi connectivity index (χ1) is 8.77. The lowest BCUT2D eigenvalue weighted by Crippen LogP contribution is -2.23. The first-order valence-corrected chi connectivity index (χ1v) is 5.51. The van der Waals surface area contributed by atoms with E-state index in [1.165, 1.54) is 0 Å². The summed E-state index contributed by atoms with van der Waals surface area (Å²) in [6, 6.07) is 18.1. The number of amidine groups is 1. The lowest BCUT2D eigenvalue weighted by atomic mass is 10.2. The number of hydrazone groups is 1. The van der Waals surface area contributed by atoms with Gasteiger partial charge in [-0.05, 0) is 12.1 Å². The molecule has 0 aromatic heterocycles. The second-order valence-corrected chi connectivity index (χ2v) is 3.67. The number of hydrogen-bond donors (Lipinski definition) is 2. The number of hydrogen-bond acceptors (Lipinski definition) is 2. The van der Waals surface area contributed by atoms with Gasteiger partial charge in [-0.1, -0.05) is 48.5 Å². The molecule has 0 aliphatic heterocycles. The van der Waals surface area contributed by atoms with E-state index in [2.05, 4.69) is 10.5 Å². The van der Waals surface area contributed by atoms with Crippen molar-refractivity contribution in [3.05, 3.63) is 71.8 Å². The number of nitrogens with two attached hydrogens (primary N) is 1. The van der Waals surface area contributed by atoms with Crippen molar-refractivity contribution in [3.8, 4) is 0 Å². The van der Waals surface area contributed by atoms with E-state index in [0.717, 1.165) is 5.56 Å². The average Bonchev–Trinajstić information content (AvgIpc) is 2.46. The maximum atomic E-state index is 11.7. The smallest absolute Gasteiger partial charge is 0.271 e. The van der Waals surface area contributed by atoms with Crippen LogP contribution in [0.1, 0.15) is 15.9 Å². The molecule has 4 nitrogen and oxygen atoms in total. The monoisotopic (exact) mass is 239 g/mol. The molecule has 0 heterocycles. The van der Waals surface area contributed by atoms with Crippen molar-refractivity contribution in [2.24, 2.45) is 10.8 Å². The maximum Gasteiger partial charge on any atom is 0.271 e. The van der Waals surface area contributed by atoms with Gasteiger partial charge in [-0.2, -0.15) is 5.10 Å². The van der Waals surface area contributed by atoms with Crippen molar-refractivity contribution in [2.75, 3.05) is 0 Å². The number of nitrogens with zero attached hydrogens (tertiary/aromatic N) is 1. The highest BCUT2D eigenvalue weighted by Crippen LogP contribution is 1.99. The maximum absolute atomic E-state index is 11.7. The van der Waals surface area contributed by atoms with Gasteiger partial charge < -0.3 is 5.73 Å². The van der Waals surface area contributed by atoms with Crippen LogP contribution in [0.2, 0.25) is 0 Å². The number of carbonyl (C=O) groups excluding carboxylic acids is 1. The zero-order valence-electron chi connectivity index (χ0n) is 9.71. The molecule has 0 aliphatic carbocycles. The summed E-state index contributed by atoms with van der Waals surface area (Å²) in [5, 5.41) is 3.87. The Morgan fingerprint density at radius 1 is 0.889 bits per heavy atom. The molecular weight excluding hydrogens is 226 g/mol. The van der Waals surface area contributed by atoms with Gasteiger partial charge in [0.1, 0.15) is 0 Å². The van der Waals surface area contributed by atoms with E-state index in [0.29, 0.717) is 5.56 Å². The molecule has 0 fully saturated rings. The van der Waals surface area contributed by atoms with Gasteiger partial charge in [-0.15, -0.1) is 0 Å². The highest BCUT2D eigenvalue weighted by molar-refractivity contribution is 5.99. The van der Waals surface area contributed by atoms with Crippen LogP contribution in [0.5, 0.6) is 0 Å². The molecule has 4 heteroatoms. The van der Waals surface area contributed by atoms with Crippen molar-refractivity contribution >= 4 is 11.7 Å². The SMILES string of the molecule is NC(=NNC(=O)c1ccccc1)c1ccccc1. The Hall–Kier alpha value is -2.62. The molecule has 0 spiro atoms. The van der Waals surface area contributed by atoms with Crippen molar-refractivity contribution < 1.29 is 4.79 Å². The zero-order valence-corrected chi connectivity index (χ0v) is 9.71. The van der Waals surface area contributed by atoms with E-state index in [9.17, 15) is 4.79 Å². The van der Waals surface area contributed by atoms with Gasteiger partial charge in [0, 0.05) is 11.1 Å². The number of benzene rings is 2. The van der Waals surface area contributed by atoms with Crippen LogP contribution in [0, 0.1) is 0 Å². The van der Waals surface area contributed by atoms with Crippen LogP contribution >= 0.6 is 0 Å². The van der Waals surface area contributed by atoms with Gasteiger partial charge in [0.2, 0.25) is 0 Å². The van der Waals surface area contributed by atoms with Gasteiger partial charge in [0.05, 0.1) is 0 Å². The fourth-order valence-corrected chi connectivity index (χ4v) is 1.44. The van der Waals surface area contributed by atoms with E-state index < -0.39 is 0 Å². The van der Waals surface area contributed by atoms with Crippen LogP contribution in [0.15, 0.2) is 65.8 Å². The Morgan fingerprint density at radius 3 is 1.94 bits per heavy atom. The minimum Gasteiger partial charge on any atom is -0.382 e. The van der Waals surface area contributed by atoms with E-state index >= 15 is 0 Å². The molecule has 90 valence electrons. The van der Waals surface area contributed by atoms with Gasteiger partial charge in [-0.25, -0.2) is 5.43 Å². The van der Waals surface area contributed by atoms with Gasteiger partial charge in [0.25, 0.3) is 5.91 Å². The van der Waals surface area contributed by atoms with Crippen LogP contribution < -0.4 is 11.2 Å². The van der Waals surface area contributed by atoms with Gasteiger partial charge in [-0.3, -0.25) is 4.79 Å². The predicted molar refractivity (Wildman–Crippen MR) is 71.1 cm³/mol. The molecule has 3 N–H and O–H groups in total. The molecule has 0 atom stereocenters. The Balaban J connectivity index is 2.05. The Bertz CT molecular complexity index is 550. The number of carbonyl (C=O) groups is 1. The third kappa shape index (κ3) is 2.95. The quantitative estimate of drug-likeness (QED) is 0.486. The number of amides is 1. The summed E-state index contributed by atoms with van der Waals surface area (Å²) in [6.45, 7) is 0. The summed E-state index contributed by atoms with van der Waals surface area (Å²) in [6.07, 6.45) is 0. The molecule has 1 amide bonds. The molecule has 0 unspecified atom stereocenters. The summed E-state index contributed by atoms with van der Waals surface area (Å²) in [7, 11) is 0. The third-order valence-corrected chi connectivity index (χ3v) is 2.38. The van der Waals surface area contributed by atoms with Crippen molar-refractivity contribution in [2.45, 2.75) is 0 Å². The lowest BCUT2D eigenvalue weighted by Gasteiger charge is -2.02. The molecule has 0 saturated carbocycles. The standard InChI is InChI=1S/C14H13N3O/c15-13(11-7-3-1-4-8-11)16-17-14(18)12-9-5-2-6-10-12/h1-10H,(H2,15,16)(H,17,18). The van der Waals surface area contributed by atoms with Gasteiger partial charge in [0.15, 0.2) is 5.84 Å². The minimum absolute atomic E-state index is 0.278. The first kappa shape index (κ1) is 11.9. The van der Waals surface area contributed by atoms with Gasteiger partial charge >= 0.3 is 0 Å². The van der Waals surface area contributed by atoms with Crippen molar-refractivity contribution in [3.63, 3.8) is 0 Å². The summed E-state index contributed by atoms with van der Waals surface area (Å²) in [4.78, 5) is 11.7. The number of nitrogens with one attached hydrogen (secondary N) is 1. The lowest BCUT2D eigenvalue weighted by molar-refractivity contribution is 0.0955. The second kappa shape index (κ2) is 5.63. The highest BCUT2D eigenvalue weighted by atomic mass is 16.2. The van der Waals surface area contributed by atoms with Crippen LogP contribution in [0.3, 0.4) is 0 Å². The Kier molecular flexibility index (Phi) is 3.71. The van der Waals surface area contributed by atoms with E-state index in [1.807, 2.05) is 36.4 Å². The van der Waals surface area contributed by atoms with E-state index in [1.54, 1.807) is 24.3 Å². The summed E-state index contributed by atoms with van der Waals surface area (Å²) >= 11 is 0. The van der Waals surface area contributed by atoms with Crippen LogP contribution in [-0.2, 0) is 0 Å². The Labute approximate surface area is 105 Å². The van der Waals surface area contributed by atoms with Crippen molar-refractivity contribution in [1.29, 1.82) is 0 Å². The fraction of sp³-hybridized carbons (Fsp3) is 0.